The van der Waals surface area contributed by atoms with Gasteiger partial charge in [-0.05, 0) is 13.8 Å². The van der Waals surface area contributed by atoms with Gasteiger partial charge in [-0.1, -0.05) is 0 Å². The van der Waals surface area contributed by atoms with E-state index in [0.29, 0.717) is 6.54 Å². The van der Waals surface area contributed by atoms with Gasteiger partial charge in [0, 0.05) is 12.2 Å². The van der Waals surface area contributed by atoms with Crippen molar-refractivity contribution in [2.24, 2.45) is 5.14 Å². The Labute approximate surface area is 105 Å². The Bertz CT molecular complexity index is 642. The number of nitrogens with zero attached hydrogens (tertiary/aromatic N) is 5. The molecule has 18 heavy (non-hydrogen) atoms. The van der Waals surface area contributed by atoms with E-state index in [0.717, 1.165) is 5.82 Å². The molecule has 0 atom stereocenters. The summed E-state index contributed by atoms with van der Waals surface area (Å²) in [5.74, 6) is 0.725. The maximum Gasteiger partial charge on any atom is 0.257 e. The second-order valence-electron chi connectivity index (χ2n) is 4.14. The third-order valence-electron chi connectivity index (χ3n) is 2.36. The molecule has 2 aromatic heterocycles. The monoisotopic (exact) mass is 270 g/mol. The molecule has 0 saturated carbocycles. The fourth-order valence-corrected chi connectivity index (χ4v) is 2.03. The van der Waals surface area contributed by atoms with Crippen molar-refractivity contribution < 1.29 is 8.42 Å². The van der Waals surface area contributed by atoms with Crippen molar-refractivity contribution in [2.45, 2.75) is 31.5 Å². The number of nitrogens with two attached hydrogens (primary N) is 1. The third kappa shape index (κ3) is 2.57. The Morgan fingerprint density at radius 2 is 2.11 bits per heavy atom. The van der Waals surface area contributed by atoms with Crippen LogP contribution in [0, 0.1) is 0 Å². The molecule has 0 aromatic carbocycles. The van der Waals surface area contributed by atoms with Crippen LogP contribution >= 0.6 is 0 Å². The highest BCUT2D eigenvalue weighted by atomic mass is 32.2. The molecule has 0 amide bonds. The van der Waals surface area contributed by atoms with E-state index in [4.69, 9.17) is 5.14 Å². The van der Waals surface area contributed by atoms with Crippen molar-refractivity contribution in [1.29, 1.82) is 0 Å². The molecule has 0 spiro atoms. The lowest BCUT2D eigenvalue weighted by Gasteiger charge is -2.09. The predicted octanol–water partition coefficient (Wildman–Crippen LogP) is -0.249. The molecular formula is C9H14N6O2S. The number of hydrogen-bond donors (Lipinski definition) is 1. The summed E-state index contributed by atoms with van der Waals surface area (Å²) < 4.78 is 25.5. The van der Waals surface area contributed by atoms with Crippen LogP contribution < -0.4 is 5.14 Å². The fraction of sp³-hybridized carbons (Fsp3) is 0.444. The Morgan fingerprint density at radius 3 is 2.67 bits per heavy atom. The largest absolute Gasteiger partial charge is 0.328 e. The van der Waals surface area contributed by atoms with Crippen molar-refractivity contribution in [2.75, 3.05) is 0 Å². The number of primary sulfonamides is 1. The topological polar surface area (TPSA) is 109 Å². The van der Waals surface area contributed by atoms with Gasteiger partial charge in [0.2, 0.25) is 0 Å². The van der Waals surface area contributed by atoms with Gasteiger partial charge >= 0.3 is 0 Å². The summed E-state index contributed by atoms with van der Waals surface area (Å²) in [4.78, 5) is 7.86. The fourth-order valence-electron chi connectivity index (χ4n) is 1.55. The summed E-state index contributed by atoms with van der Waals surface area (Å²) in [6, 6.07) is 0.184. The summed E-state index contributed by atoms with van der Waals surface area (Å²) in [6.45, 7) is 4.37. The Hall–Kier alpha value is -1.74. The molecule has 0 radical (unpaired) electrons. The predicted molar refractivity (Wildman–Crippen MR) is 63.1 cm³/mol. The van der Waals surface area contributed by atoms with E-state index >= 15 is 0 Å². The molecule has 0 aliphatic heterocycles. The minimum Gasteiger partial charge on any atom is -0.328 e. The Balaban J connectivity index is 2.24. The highest BCUT2D eigenvalue weighted by molar-refractivity contribution is 7.89. The van der Waals surface area contributed by atoms with Gasteiger partial charge in [0.15, 0.2) is 5.03 Å². The molecule has 2 rings (SSSR count). The molecule has 0 bridgehead atoms. The highest BCUT2D eigenvalue weighted by Gasteiger charge is 2.13. The summed E-state index contributed by atoms with van der Waals surface area (Å²) in [5, 5.41) is 8.93. The zero-order chi connectivity index (χ0) is 13.3. The van der Waals surface area contributed by atoms with Gasteiger partial charge in [-0.2, -0.15) is 5.10 Å². The maximum atomic E-state index is 11.1. The SMILES string of the molecule is CC(C)n1ncnc1Cn1cnc(S(N)(=O)=O)c1. The number of hydrogen-bond acceptors (Lipinski definition) is 5. The van der Waals surface area contributed by atoms with Crippen molar-refractivity contribution in [1.82, 2.24) is 24.3 Å². The zero-order valence-electron chi connectivity index (χ0n) is 10.1. The van der Waals surface area contributed by atoms with Gasteiger partial charge in [-0.15, -0.1) is 0 Å². The van der Waals surface area contributed by atoms with E-state index in [1.54, 1.807) is 9.25 Å². The number of rotatable bonds is 4. The number of imidazole rings is 1. The minimum atomic E-state index is -3.76. The van der Waals surface area contributed by atoms with Crippen molar-refractivity contribution in [3.05, 3.63) is 24.7 Å². The van der Waals surface area contributed by atoms with Crippen LogP contribution in [-0.2, 0) is 16.6 Å². The molecule has 2 N–H and O–H groups in total. The smallest absolute Gasteiger partial charge is 0.257 e. The van der Waals surface area contributed by atoms with Crippen LogP contribution in [0.1, 0.15) is 25.7 Å². The molecule has 2 heterocycles. The average Bonchev–Trinajstić information content (AvgIpc) is 2.85. The highest BCUT2D eigenvalue weighted by Crippen LogP contribution is 2.08. The van der Waals surface area contributed by atoms with E-state index in [1.807, 2.05) is 13.8 Å². The zero-order valence-corrected chi connectivity index (χ0v) is 10.9. The normalized spacial score (nSPS) is 12.2. The molecule has 8 nitrogen and oxygen atoms in total. The van der Waals surface area contributed by atoms with E-state index in [1.165, 1.54) is 18.9 Å². The molecule has 2 aromatic rings. The first-order valence-corrected chi connectivity index (χ1v) is 6.85. The van der Waals surface area contributed by atoms with Crippen LogP contribution in [-0.4, -0.2) is 32.7 Å². The molecule has 98 valence electrons. The van der Waals surface area contributed by atoms with Gasteiger partial charge in [0.25, 0.3) is 10.0 Å². The molecule has 0 fully saturated rings. The van der Waals surface area contributed by atoms with Gasteiger partial charge < -0.3 is 4.57 Å². The lowest BCUT2D eigenvalue weighted by Crippen LogP contribution is -2.13. The summed E-state index contributed by atoms with van der Waals surface area (Å²) in [7, 11) is -3.76. The molecular weight excluding hydrogens is 256 g/mol. The van der Waals surface area contributed by atoms with Gasteiger partial charge in [0.1, 0.15) is 12.2 Å². The van der Waals surface area contributed by atoms with E-state index in [-0.39, 0.29) is 11.1 Å². The third-order valence-corrected chi connectivity index (χ3v) is 3.16. The summed E-state index contributed by atoms with van der Waals surface area (Å²) >= 11 is 0. The molecule has 0 aliphatic carbocycles. The molecule has 0 unspecified atom stereocenters. The van der Waals surface area contributed by atoms with E-state index in [9.17, 15) is 8.42 Å². The molecule has 9 heteroatoms. The first-order valence-electron chi connectivity index (χ1n) is 5.31. The Kier molecular flexibility index (Phi) is 3.18. The minimum absolute atomic E-state index is 0.155. The average molecular weight is 270 g/mol. The van der Waals surface area contributed by atoms with Gasteiger partial charge in [-0.25, -0.2) is 28.2 Å². The standard InChI is InChI=1S/C9H14N6O2S/c1-7(2)15-8(11-5-13-15)3-14-4-9(12-6-14)18(10,16)17/h4-7H,3H2,1-2H3,(H2,10,16,17). The number of aromatic nitrogens is 5. The van der Waals surface area contributed by atoms with Crippen LogP contribution in [0.3, 0.4) is 0 Å². The van der Waals surface area contributed by atoms with Crippen LogP contribution in [0.2, 0.25) is 0 Å². The quantitative estimate of drug-likeness (QED) is 0.824. The first-order chi connectivity index (χ1) is 8.38. The Morgan fingerprint density at radius 1 is 1.39 bits per heavy atom. The second kappa shape index (κ2) is 4.50. The maximum absolute atomic E-state index is 11.1. The lowest BCUT2D eigenvalue weighted by atomic mass is 10.4. The molecule has 0 saturated heterocycles. The van der Waals surface area contributed by atoms with Gasteiger partial charge in [0.05, 0.1) is 12.9 Å². The summed E-state index contributed by atoms with van der Waals surface area (Å²) in [6.07, 6.45) is 4.24. The number of sulfonamides is 1. The van der Waals surface area contributed by atoms with Crippen LogP contribution in [0.5, 0.6) is 0 Å². The van der Waals surface area contributed by atoms with Crippen molar-refractivity contribution >= 4 is 10.0 Å². The second-order valence-corrected chi connectivity index (χ2v) is 5.65. The first kappa shape index (κ1) is 12.7. The van der Waals surface area contributed by atoms with Crippen LogP contribution in [0.15, 0.2) is 23.9 Å². The van der Waals surface area contributed by atoms with E-state index < -0.39 is 10.0 Å². The molecule has 0 aliphatic rings. The van der Waals surface area contributed by atoms with Crippen LogP contribution in [0.25, 0.3) is 0 Å². The summed E-state index contributed by atoms with van der Waals surface area (Å²) in [5.41, 5.74) is 0. The van der Waals surface area contributed by atoms with Crippen LogP contribution in [0.4, 0.5) is 0 Å². The van der Waals surface area contributed by atoms with Gasteiger partial charge in [-0.3, -0.25) is 0 Å². The van der Waals surface area contributed by atoms with Crippen molar-refractivity contribution in [3.63, 3.8) is 0 Å². The van der Waals surface area contributed by atoms with Crippen molar-refractivity contribution in [3.8, 4) is 0 Å². The van der Waals surface area contributed by atoms with E-state index in [2.05, 4.69) is 15.1 Å². The lowest BCUT2D eigenvalue weighted by molar-refractivity contribution is 0.496.